The standard InChI is InChI=1S/C19H10Cl2N2O3/c20-14-4-6-18(21)17(10-14)19-7-5-16(26-19)9-13(11-22)12-2-1-3-15(8-12)23(24)25/h1-10H/b13-9-. The van der Waals surface area contributed by atoms with Crippen LogP contribution < -0.4 is 0 Å². The second kappa shape index (κ2) is 7.44. The predicted molar refractivity (Wildman–Crippen MR) is 101 cm³/mol. The van der Waals surface area contributed by atoms with Crippen molar-refractivity contribution in [1.29, 1.82) is 5.26 Å². The number of hydrogen-bond donors (Lipinski definition) is 0. The molecule has 0 N–H and O–H groups in total. The Morgan fingerprint density at radius 3 is 2.69 bits per heavy atom. The van der Waals surface area contributed by atoms with E-state index >= 15 is 0 Å². The average Bonchev–Trinajstić information content (AvgIpc) is 3.10. The van der Waals surface area contributed by atoms with Gasteiger partial charge in [0.1, 0.15) is 11.5 Å². The maximum absolute atomic E-state index is 10.9. The number of nitrogens with zero attached hydrogens (tertiary/aromatic N) is 2. The zero-order chi connectivity index (χ0) is 18.7. The Morgan fingerprint density at radius 1 is 1.15 bits per heavy atom. The highest BCUT2D eigenvalue weighted by molar-refractivity contribution is 6.35. The van der Waals surface area contributed by atoms with Crippen LogP contribution in [-0.4, -0.2) is 4.92 Å². The number of nitro groups is 1. The molecule has 128 valence electrons. The summed E-state index contributed by atoms with van der Waals surface area (Å²) < 4.78 is 5.73. The summed E-state index contributed by atoms with van der Waals surface area (Å²) in [7, 11) is 0. The van der Waals surface area contributed by atoms with Gasteiger partial charge in [-0.15, -0.1) is 0 Å². The van der Waals surface area contributed by atoms with Crippen LogP contribution in [0.25, 0.3) is 23.0 Å². The van der Waals surface area contributed by atoms with Gasteiger partial charge in [-0.25, -0.2) is 0 Å². The van der Waals surface area contributed by atoms with Crippen molar-refractivity contribution in [2.24, 2.45) is 0 Å². The molecule has 0 unspecified atom stereocenters. The fourth-order valence-electron chi connectivity index (χ4n) is 2.37. The van der Waals surface area contributed by atoms with Crippen LogP contribution >= 0.6 is 23.2 Å². The summed E-state index contributed by atoms with van der Waals surface area (Å²) in [6, 6.07) is 16.3. The first-order valence-corrected chi connectivity index (χ1v) is 8.15. The van der Waals surface area contributed by atoms with E-state index in [1.807, 2.05) is 6.07 Å². The van der Waals surface area contributed by atoms with Crippen molar-refractivity contribution in [3.05, 3.63) is 86.1 Å². The van der Waals surface area contributed by atoms with Crippen LogP contribution in [0.2, 0.25) is 10.0 Å². The number of allylic oxidation sites excluding steroid dienone is 1. The molecule has 1 heterocycles. The van der Waals surface area contributed by atoms with Crippen LogP contribution in [0.15, 0.2) is 59.0 Å². The third kappa shape index (κ3) is 3.77. The number of furan rings is 1. The van der Waals surface area contributed by atoms with Gasteiger partial charge in [0, 0.05) is 22.7 Å². The molecule has 0 radical (unpaired) electrons. The maximum Gasteiger partial charge on any atom is 0.270 e. The largest absolute Gasteiger partial charge is 0.457 e. The first-order chi connectivity index (χ1) is 12.5. The van der Waals surface area contributed by atoms with Gasteiger partial charge in [0.25, 0.3) is 5.69 Å². The minimum atomic E-state index is -0.509. The molecule has 1 aromatic heterocycles. The number of benzene rings is 2. The molecule has 0 amide bonds. The fraction of sp³-hybridized carbons (Fsp3) is 0. The van der Waals surface area contributed by atoms with Gasteiger partial charge in [0.15, 0.2) is 0 Å². The Bertz CT molecular complexity index is 1060. The summed E-state index contributed by atoms with van der Waals surface area (Å²) in [5.41, 5.74) is 1.22. The van der Waals surface area contributed by atoms with Gasteiger partial charge in [-0.1, -0.05) is 35.3 Å². The molecule has 0 bridgehead atoms. The van der Waals surface area contributed by atoms with E-state index in [0.29, 0.717) is 32.7 Å². The molecular weight excluding hydrogens is 375 g/mol. The van der Waals surface area contributed by atoms with Crippen LogP contribution in [0.4, 0.5) is 5.69 Å². The average molecular weight is 385 g/mol. The third-order valence-corrected chi connectivity index (χ3v) is 4.16. The van der Waals surface area contributed by atoms with Crippen molar-refractivity contribution in [3.63, 3.8) is 0 Å². The summed E-state index contributed by atoms with van der Waals surface area (Å²) in [6.45, 7) is 0. The minimum absolute atomic E-state index is 0.0884. The second-order valence-corrected chi connectivity index (χ2v) is 6.15. The van der Waals surface area contributed by atoms with Crippen LogP contribution in [0.5, 0.6) is 0 Å². The Labute approximate surface area is 158 Å². The molecule has 2 aromatic carbocycles. The van der Waals surface area contributed by atoms with Crippen molar-refractivity contribution in [2.45, 2.75) is 0 Å². The van der Waals surface area contributed by atoms with Crippen LogP contribution in [0.1, 0.15) is 11.3 Å². The van der Waals surface area contributed by atoms with Gasteiger partial charge in [-0.05, 0) is 42.0 Å². The van der Waals surface area contributed by atoms with Crippen molar-refractivity contribution in [1.82, 2.24) is 0 Å². The molecule has 5 nitrogen and oxygen atoms in total. The lowest BCUT2D eigenvalue weighted by atomic mass is 10.1. The molecule has 3 aromatic rings. The second-order valence-electron chi connectivity index (χ2n) is 5.30. The van der Waals surface area contributed by atoms with Gasteiger partial charge in [0.05, 0.1) is 21.6 Å². The highest BCUT2D eigenvalue weighted by Crippen LogP contribution is 2.32. The molecule has 7 heteroatoms. The monoisotopic (exact) mass is 384 g/mol. The molecular formula is C19H10Cl2N2O3. The highest BCUT2D eigenvalue weighted by Gasteiger charge is 2.12. The van der Waals surface area contributed by atoms with Crippen LogP contribution in [-0.2, 0) is 0 Å². The molecule has 3 rings (SSSR count). The molecule has 0 atom stereocenters. The molecule has 0 saturated carbocycles. The molecule has 0 fully saturated rings. The number of non-ortho nitro benzene ring substituents is 1. The maximum atomic E-state index is 10.9. The summed E-state index contributed by atoms with van der Waals surface area (Å²) in [4.78, 5) is 10.4. The lowest BCUT2D eigenvalue weighted by Crippen LogP contribution is -1.89. The first kappa shape index (κ1) is 17.7. The quantitative estimate of drug-likeness (QED) is 0.303. The van der Waals surface area contributed by atoms with E-state index in [4.69, 9.17) is 27.6 Å². The number of nitriles is 1. The molecule has 0 aliphatic rings. The van der Waals surface area contributed by atoms with E-state index in [0.717, 1.165) is 0 Å². The summed E-state index contributed by atoms with van der Waals surface area (Å²) in [5, 5.41) is 21.3. The zero-order valence-corrected chi connectivity index (χ0v) is 14.7. The van der Waals surface area contributed by atoms with Gasteiger partial charge in [-0.3, -0.25) is 10.1 Å². The minimum Gasteiger partial charge on any atom is -0.457 e. The van der Waals surface area contributed by atoms with Crippen LogP contribution in [0, 0.1) is 21.4 Å². The molecule has 0 saturated heterocycles. The van der Waals surface area contributed by atoms with E-state index in [1.165, 1.54) is 24.3 Å². The fourth-order valence-corrected chi connectivity index (χ4v) is 2.75. The molecule has 0 aliphatic heterocycles. The van der Waals surface area contributed by atoms with Gasteiger partial charge in [0.2, 0.25) is 0 Å². The first-order valence-electron chi connectivity index (χ1n) is 7.40. The van der Waals surface area contributed by atoms with E-state index in [1.54, 1.807) is 36.4 Å². The predicted octanol–water partition coefficient (Wildman–Crippen LogP) is 6.23. The number of nitro benzene ring substituents is 1. The highest BCUT2D eigenvalue weighted by atomic mass is 35.5. The molecule has 0 aliphatic carbocycles. The molecule has 0 spiro atoms. The Morgan fingerprint density at radius 2 is 1.96 bits per heavy atom. The zero-order valence-electron chi connectivity index (χ0n) is 13.1. The van der Waals surface area contributed by atoms with E-state index in [9.17, 15) is 15.4 Å². The summed E-state index contributed by atoms with van der Waals surface area (Å²) in [6.07, 6.45) is 1.51. The Hall–Kier alpha value is -3.07. The van der Waals surface area contributed by atoms with E-state index in [-0.39, 0.29) is 11.3 Å². The molecule has 26 heavy (non-hydrogen) atoms. The van der Waals surface area contributed by atoms with E-state index in [2.05, 4.69) is 0 Å². The third-order valence-electron chi connectivity index (χ3n) is 3.60. The number of rotatable bonds is 4. The van der Waals surface area contributed by atoms with Crippen molar-refractivity contribution < 1.29 is 9.34 Å². The Balaban J connectivity index is 1.98. The SMILES string of the molecule is N#C/C(=C/c1ccc(-c2cc(Cl)ccc2Cl)o1)c1cccc([N+](=O)[O-])c1. The lowest BCUT2D eigenvalue weighted by Gasteiger charge is -2.01. The topological polar surface area (TPSA) is 80.1 Å². The van der Waals surface area contributed by atoms with Gasteiger partial charge < -0.3 is 4.42 Å². The van der Waals surface area contributed by atoms with Crippen molar-refractivity contribution >= 4 is 40.5 Å². The van der Waals surface area contributed by atoms with Crippen molar-refractivity contribution in [2.75, 3.05) is 0 Å². The lowest BCUT2D eigenvalue weighted by molar-refractivity contribution is -0.384. The van der Waals surface area contributed by atoms with Gasteiger partial charge >= 0.3 is 0 Å². The van der Waals surface area contributed by atoms with Crippen molar-refractivity contribution in [3.8, 4) is 17.4 Å². The smallest absolute Gasteiger partial charge is 0.270 e. The van der Waals surface area contributed by atoms with Crippen LogP contribution in [0.3, 0.4) is 0 Å². The number of hydrogen-bond acceptors (Lipinski definition) is 4. The Kier molecular flexibility index (Phi) is 5.08. The summed E-state index contributed by atoms with van der Waals surface area (Å²) >= 11 is 12.2. The van der Waals surface area contributed by atoms with E-state index < -0.39 is 4.92 Å². The van der Waals surface area contributed by atoms with Gasteiger partial charge in [-0.2, -0.15) is 5.26 Å². The normalized spacial score (nSPS) is 11.2. The summed E-state index contributed by atoms with van der Waals surface area (Å²) in [5.74, 6) is 0.916. The number of halogens is 2.